The Kier molecular flexibility index (Phi) is 2.42. The van der Waals surface area contributed by atoms with Crippen molar-refractivity contribution in [3.63, 3.8) is 0 Å². The first-order valence-corrected chi connectivity index (χ1v) is 4.42. The molecule has 0 aliphatic rings. The minimum atomic E-state index is -0.354. The zero-order valence-corrected chi connectivity index (χ0v) is 7.81. The van der Waals surface area contributed by atoms with E-state index in [1.54, 1.807) is 30.3 Å². The fourth-order valence-electron chi connectivity index (χ4n) is 1.26. The zero-order valence-electron chi connectivity index (χ0n) is 7.81. The molecule has 0 spiro atoms. The maximum Gasteiger partial charge on any atom is 0.141 e. The standard InChI is InChI=1S/C12H7FN2/c13-11-5-6-12(15-8-11)10-3-1-9(7-14)2-4-10/h1-6,8H. The number of hydrogen-bond acceptors (Lipinski definition) is 2. The molecule has 0 aliphatic heterocycles. The van der Waals surface area contributed by atoms with E-state index in [-0.39, 0.29) is 5.82 Å². The summed E-state index contributed by atoms with van der Waals surface area (Å²) < 4.78 is 12.6. The molecule has 2 rings (SSSR count). The van der Waals surface area contributed by atoms with E-state index in [1.165, 1.54) is 12.3 Å². The number of benzene rings is 1. The maximum atomic E-state index is 12.6. The van der Waals surface area contributed by atoms with E-state index in [0.717, 1.165) is 5.56 Å². The second-order valence-electron chi connectivity index (χ2n) is 3.05. The number of nitriles is 1. The van der Waals surface area contributed by atoms with E-state index in [9.17, 15) is 4.39 Å². The Hall–Kier alpha value is -2.21. The highest BCUT2D eigenvalue weighted by atomic mass is 19.1. The van der Waals surface area contributed by atoms with Crippen molar-refractivity contribution in [2.24, 2.45) is 0 Å². The third-order valence-corrected chi connectivity index (χ3v) is 2.04. The summed E-state index contributed by atoms with van der Waals surface area (Å²) in [6.07, 6.45) is 1.17. The Morgan fingerprint density at radius 2 is 1.80 bits per heavy atom. The van der Waals surface area contributed by atoms with Crippen LogP contribution in [0, 0.1) is 17.1 Å². The van der Waals surface area contributed by atoms with Gasteiger partial charge in [-0.1, -0.05) is 12.1 Å². The molecule has 0 radical (unpaired) electrons. The van der Waals surface area contributed by atoms with Crippen LogP contribution in [0.5, 0.6) is 0 Å². The molecule has 0 fully saturated rings. The van der Waals surface area contributed by atoms with E-state index in [1.807, 2.05) is 6.07 Å². The van der Waals surface area contributed by atoms with Gasteiger partial charge >= 0.3 is 0 Å². The van der Waals surface area contributed by atoms with Crippen molar-refractivity contribution in [3.05, 3.63) is 54.0 Å². The molecule has 2 nitrogen and oxygen atoms in total. The third-order valence-electron chi connectivity index (χ3n) is 2.04. The van der Waals surface area contributed by atoms with Crippen LogP contribution in [0.2, 0.25) is 0 Å². The van der Waals surface area contributed by atoms with Gasteiger partial charge in [-0.25, -0.2) is 4.39 Å². The lowest BCUT2D eigenvalue weighted by molar-refractivity contribution is 0.622. The smallest absolute Gasteiger partial charge is 0.141 e. The molecule has 0 atom stereocenters. The van der Waals surface area contributed by atoms with Crippen LogP contribution in [0.1, 0.15) is 5.56 Å². The molecule has 2 aromatic rings. The molecule has 0 amide bonds. The van der Waals surface area contributed by atoms with Gasteiger partial charge in [0.1, 0.15) is 5.82 Å². The number of nitrogens with zero attached hydrogens (tertiary/aromatic N) is 2. The van der Waals surface area contributed by atoms with Crippen LogP contribution in [0.3, 0.4) is 0 Å². The highest BCUT2D eigenvalue weighted by Gasteiger charge is 1.99. The number of aromatic nitrogens is 1. The summed E-state index contributed by atoms with van der Waals surface area (Å²) in [4.78, 5) is 3.95. The van der Waals surface area contributed by atoms with Crippen LogP contribution in [-0.4, -0.2) is 4.98 Å². The molecule has 1 aromatic heterocycles. The highest BCUT2D eigenvalue weighted by Crippen LogP contribution is 2.17. The van der Waals surface area contributed by atoms with Crippen LogP contribution in [0.4, 0.5) is 4.39 Å². The highest BCUT2D eigenvalue weighted by molar-refractivity contribution is 5.59. The van der Waals surface area contributed by atoms with Gasteiger partial charge in [0, 0.05) is 5.56 Å². The van der Waals surface area contributed by atoms with Crippen molar-refractivity contribution in [3.8, 4) is 17.3 Å². The van der Waals surface area contributed by atoms with Crippen molar-refractivity contribution in [1.29, 1.82) is 5.26 Å². The summed E-state index contributed by atoms with van der Waals surface area (Å²) in [5, 5.41) is 8.62. The molecule has 3 heteroatoms. The topological polar surface area (TPSA) is 36.7 Å². The van der Waals surface area contributed by atoms with Gasteiger partial charge in [-0.3, -0.25) is 4.98 Å². The average molecular weight is 198 g/mol. The first-order chi connectivity index (χ1) is 7.29. The minimum absolute atomic E-state index is 0.354. The molecule has 0 unspecified atom stereocenters. The summed E-state index contributed by atoms with van der Waals surface area (Å²) in [5.41, 5.74) is 2.16. The molecule has 72 valence electrons. The van der Waals surface area contributed by atoms with E-state index in [0.29, 0.717) is 11.3 Å². The Morgan fingerprint density at radius 3 is 2.33 bits per heavy atom. The lowest BCUT2D eigenvalue weighted by Crippen LogP contribution is -1.84. The normalized spacial score (nSPS) is 9.60. The first kappa shape index (κ1) is 9.35. The summed E-state index contributed by atoms with van der Waals surface area (Å²) in [6, 6.07) is 12.0. The monoisotopic (exact) mass is 198 g/mol. The predicted molar refractivity (Wildman–Crippen MR) is 54.3 cm³/mol. The van der Waals surface area contributed by atoms with E-state index in [2.05, 4.69) is 4.98 Å². The quantitative estimate of drug-likeness (QED) is 0.706. The molecular formula is C12H7FN2. The van der Waals surface area contributed by atoms with Crippen molar-refractivity contribution in [1.82, 2.24) is 4.98 Å². The number of hydrogen-bond donors (Lipinski definition) is 0. The second-order valence-corrected chi connectivity index (χ2v) is 3.05. The molecule has 15 heavy (non-hydrogen) atoms. The Balaban J connectivity index is 2.38. The lowest BCUT2D eigenvalue weighted by atomic mass is 10.1. The van der Waals surface area contributed by atoms with Crippen molar-refractivity contribution < 1.29 is 4.39 Å². The van der Waals surface area contributed by atoms with E-state index in [4.69, 9.17) is 5.26 Å². The van der Waals surface area contributed by atoms with Crippen LogP contribution in [0.15, 0.2) is 42.6 Å². The number of rotatable bonds is 1. The second kappa shape index (κ2) is 3.89. The number of pyridine rings is 1. The van der Waals surface area contributed by atoms with Crippen molar-refractivity contribution in [2.75, 3.05) is 0 Å². The predicted octanol–water partition coefficient (Wildman–Crippen LogP) is 2.76. The fraction of sp³-hybridized carbons (Fsp3) is 0. The Bertz CT molecular complexity index is 495. The van der Waals surface area contributed by atoms with Crippen molar-refractivity contribution >= 4 is 0 Å². The van der Waals surface area contributed by atoms with Crippen LogP contribution < -0.4 is 0 Å². The molecule has 0 N–H and O–H groups in total. The van der Waals surface area contributed by atoms with Gasteiger partial charge in [-0.2, -0.15) is 5.26 Å². The summed E-state index contributed by atoms with van der Waals surface area (Å²) in [6.45, 7) is 0. The molecule has 1 aromatic carbocycles. The molecule has 1 heterocycles. The van der Waals surface area contributed by atoms with Gasteiger partial charge in [-0.15, -0.1) is 0 Å². The lowest BCUT2D eigenvalue weighted by Gasteiger charge is -1.99. The summed E-state index contributed by atoms with van der Waals surface area (Å²) >= 11 is 0. The van der Waals surface area contributed by atoms with E-state index >= 15 is 0 Å². The van der Waals surface area contributed by atoms with Gasteiger partial charge < -0.3 is 0 Å². The SMILES string of the molecule is N#Cc1ccc(-c2ccc(F)cn2)cc1. The Morgan fingerprint density at radius 1 is 1.07 bits per heavy atom. The third kappa shape index (κ3) is 2.00. The van der Waals surface area contributed by atoms with Gasteiger partial charge in [0.15, 0.2) is 0 Å². The molecule has 0 saturated carbocycles. The van der Waals surface area contributed by atoms with Gasteiger partial charge in [0.2, 0.25) is 0 Å². The number of halogens is 1. The van der Waals surface area contributed by atoms with Crippen molar-refractivity contribution in [2.45, 2.75) is 0 Å². The average Bonchev–Trinajstić information content (AvgIpc) is 2.30. The fourth-order valence-corrected chi connectivity index (χ4v) is 1.26. The van der Waals surface area contributed by atoms with Gasteiger partial charge in [0.25, 0.3) is 0 Å². The van der Waals surface area contributed by atoms with Crippen LogP contribution in [-0.2, 0) is 0 Å². The summed E-state index contributed by atoms with van der Waals surface area (Å²) in [7, 11) is 0. The maximum absolute atomic E-state index is 12.6. The zero-order chi connectivity index (χ0) is 10.7. The molecular weight excluding hydrogens is 191 g/mol. The Labute approximate surface area is 86.6 Å². The van der Waals surface area contributed by atoms with Gasteiger partial charge in [0.05, 0.1) is 23.5 Å². The van der Waals surface area contributed by atoms with Crippen LogP contribution in [0.25, 0.3) is 11.3 Å². The summed E-state index contributed by atoms with van der Waals surface area (Å²) in [5.74, 6) is -0.354. The molecule has 0 bridgehead atoms. The van der Waals surface area contributed by atoms with E-state index < -0.39 is 0 Å². The minimum Gasteiger partial charge on any atom is -0.253 e. The van der Waals surface area contributed by atoms with Crippen LogP contribution >= 0.6 is 0 Å². The molecule has 0 saturated heterocycles. The first-order valence-electron chi connectivity index (χ1n) is 4.42. The van der Waals surface area contributed by atoms with Gasteiger partial charge in [-0.05, 0) is 24.3 Å². The largest absolute Gasteiger partial charge is 0.253 e. The molecule has 0 aliphatic carbocycles.